The second kappa shape index (κ2) is 5.09. The van der Waals surface area contributed by atoms with Crippen LogP contribution in [0.25, 0.3) is 22.8 Å². The fourth-order valence-electron chi connectivity index (χ4n) is 1.90. The molecule has 1 heterocycles. The Hall–Kier alpha value is -2.14. The number of nitrogen functional groups attached to an aromatic ring is 1. The molecule has 0 atom stereocenters. The van der Waals surface area contributed by atoms with Gasteiger partial charge < -0.3 is 10.3 Å². The van der Waals surface area contributed by atoms with E-state index >= 15 is 0 Å². The molecule has 3 rings (SSSR count). The van der Waals surface area contributed by atoms with Gasteiger partial charge in [-0.15, -0.1) is 0 Å². The van der Waals surface area contributed by atoms with E-state index in [-0.39, 0.29) is 0 Å². The SMILES string of the molecule is Cc1ccc(N)c(-c2nc(-c3ccc(Br)cc3)no2)c1. The number of hydrogen-bond donors (Lipinski definition) is 1. The van der Waals surface area contributed by atoms with Gasteiger partial charge in [-0.25, -0.2) is 0 Å². The lowest BCUT2D eigenvalue weighted by Gasteiger charge is -2.01. The van der Waals surface area contributed by atoms with E-state index in [9.17, 15) is 0 Å². The van der Waals surface area contributed by atoms with E-state index in [0.29, 0.717) is 17.4 Å². The second-order valence-electron chi connectivity index (χ2n) is 4.52. The van der Waals surface area contributed by atoms with Crippen molar-refractivity contribution in [2.45, 2.75) is 6.92 Å². The van der Waals surface area contributed by atoms with Gasteiger partial charge in [0.2, 0.25) is 5.82 Å². The highest BCUT2D eigenvalue weighted by Crippen LogP contribution is 2.28. The molecule has 0 aliphatic carbocycles. The second-order valence-corrected chi connectivity index (χ2v) is 5.44. The van der Waals surface area contributed by atoms with Gasteiger partial charge in [0.15, 0.2) is 0 Å². The molecular weight excluding hydrogens is 318 g/mol. The summed E-state index contributed by atoms with van der Waals surface area (Å²) in [6.45, 7) is 1.99. The van der Waals surface area contributed by atoms with Crippen molar-refractivity contribution in [2.24, 2.45) is 0 Å². The first-order valence-electron chi connectivity index (χ1n) is 6.09. The minimum atomic E-state index is 0.434. The fraction of sp³-hybridized carbons (Fsp3) is 0.0667. The van der Waals surface area contributed by atoms with Gasteiger partial charge in [0, 0.05) is 15.7 Å². The third-order valence-electron chi connectivity index (χ3n) is 2.97. The highest BCUT2D eigenvalue weighted by Gasteiger charge is 2.13. The Bertz CT molecular complexity index is 750. The molecule has 0 radical (unpaired) electrons. The third-order valence-corrected chi connectivity index (χ3v) is 3.50. The van der Waals surface area contributed by atoms with Crippen molar-refractivity contribution < 1.29 is 4.52 Å². The predicted octanol–water partition coefficient (Wildman–Crippen LogP) is 4.06. The lowest BCUT2D eigenvalue weighted by atomic mass is 10.1. The van der Waals surface area contributed by atoms with Crippen molar-refractivity contribution in [2.75, 3.05) is 5.73 Å². The molecule has 100 valence electrons. The minimum absolute atomic E-state index is 0.434. The molecule has 0 unspecified atom stereocenters. The first-order chi connectivity index (χ1) is 9.63. The average molecular weight is 330 g/mol. The number of aryl methyl sites for hydroxylation is 1. The number of nitrogens with zero attached hydrogens (tertiary/aromatic N) is 2. The maximum Gasteiger partial charge on any atom is 0.260 e. The summed E-state index contributed by atoms with van der Waals surface area (Å²) in [5.74, 6) is 0.984. The van der Waals surface area contributed by atoms with Crippen LogP contribution in [0.5, 0.6) is 0 Å². The summed E-state index contributed by atoms with van der Waals surface area (Å²) in [5.41, 5.74) is 9.34. The van der Waals surface area contributed by atoms with E-state index < -0.39 is 0 Å². The van der Waals surface area contributed by atoms with Crippen molar-refractivity contribution in [3.05, 3.63) is 52.5 Å². The largest absolute Gasteiger partial charge is 0.398 e. The van der Waals surface area contributed by atoms with E-state index in [4.69, 9.17) is 10.3 Å². The highest BCUT2D eigenvalue weighted by atomic mass is 79.9. The summed E-state index contributed by atoms with van der Waals surface area (Å²) < 4.78 is 6.33. The highest BCUT2D eigenvalue weighted by molar-refractivity contribution is 9.10. The summed E-state index contributed by atoms with van der Waals surface area (Å²) in [6, 6.07) is 13.5. The van der Waals surface area contributed by atoms with E-state index in [1.165, 1.54) is 0 Å². The Balaban J connectivity index is 2.01. The van der Waals surface area contributed by atoms with Crippen molar-refractivity contribution in [3.63, 3.8) is 0 Å². The van der Waals surface area contributed by atoms with Gasteiger partial charge in [0.1, 0.15) is 0 Å². The van der Waals surface area contributed by atoms with Crippen LogP contribution in [0.15, 0.2) is 51.5 Å². The predicted molar refractivity (Wildman–Crippen MR) is 82.0 cm³/mol. The molecule has 5 heteroatoms. The molecule has 3 aromatic rings. The Morgan fingerprint density at radius 1 is 1.10 bits per heavy atom. The molecule has 0 aliphatic rings. The molecule has 2 aromatic carbocycles. The molecule has 4 nitrogen and oxygen atoms in total. The number of aromatic nitrogens is 2. The summed E-state index contributed by atoms with van der Waals surface area (Å²) in [7, 11) is 0. The zero-order valence-electron chi connectivity index (χ0n) is 10.8. The van der Waals surface area contributed by atoms with Crippen LogP contribution in [0, 0.1) is 6.92 Å². The number of halogens is 1. The van der Waals surface area contributed by atoms with E-state index in [1.54, 1.807) is 0 Å². The van der Waals surface area contributed by atoms with Gasteiger partial charge in [-0.2, -0.15) is 4.98 Å². The van der Waals surface area contributed by atoms with Crippen molar-refractivity contribution in [1.29, 1.82) is 0 Å². The quantitative estimate of drug-likeness (QED) is 0.720. The first-order valence-corrected chi connectivity index (χ1v) is 6.89. The van der Waals surface area contributed by atoms with Crippen LogP contribution in [0.3, 0.4) is 0 Å². The normalized spacial score (nSPS) is 10.7. The van der Waals surface area contributed by atoms with Crippen LogP contribution in [0.1, 0.15) is 5.56 Å². The van der Waals surface area contributed by atoms with Crippen LogP contribution in [-0.2, 0) is 0 Å². The van der Waals surface area contributed by atoms with Crippen LogP contribution in [0.4, 0.5) is 5.69 Å². The molecule has 2 N–H and O–H groups in total. The molecule has 0 fully saturated rings. The number of benzene rings is 2. The zero-order chi connectivity index (χ0) is 14.1. The standard InChI is InChI=1S/C15H12BrN3O/c1-9-2-7-13(17)12(8-9)15-18-14(19-20-15)10-3-5-11(16)6-4-10/h2-8H,17H2,1H3. The van der Waals surface area contributed by atoms with Gasteiger partial charge in [-0.3, -0.25) is 0 Å². The van der Waals surface area contributed by atoms with E-state index in [1.807, 2.05) is 49.4 Å². The molecule has 20 heavy (non-hydrogen) atoms. The molecule has 0 aliphatic heterocycles. The molecule has 0 bridgehead atoms. The summed E-state index contributed by atoms with van der Waals surface area (Å²) in [5, 5.41) is 4.01. The molecule has 0 saturated heterocycles. The van der Waals surface area contributed by atoms with Gasteiger partial charge in [0.05, 0.1) is 5.56 Å². The Morgan fingerprint density at radius 2 is 1.85 bits per heavy atom. The number of rotatable bonds is 2. The minimum Gasteiger partial charge on any atom is -0.398 e. The van der Waals surface area contributed by atoms with E-state index in [2.05, 4.69) is 26.1 Å². The molecule has 0 saturated carbocycles. The number of nitrogens with two attached hydrogens (primary N) is 1. The van der Waals surface area contributed by atoms with Crippen LogP contribution in [0.2, 0.25) is 0 Å². The fourth-order valence-corrected chi connectivity index (χ4v) is 2.17. The lowest BCUT2D eigenvalue weighted by molar-refractivity contribution is 0.432. The van der Waals surface area contributed by atoms with Gasteiger partial charge >= 0.3 is 0 Å². The van der Waals surface area contributed by atoms with Gasteiger partial charge in [-0.05, 0) is 43.3 Å². The van der Waals surface area contributed by atoms with Crippen molar-refractivity contribution in [1.82, 2.24) is 10.1 Å². The third kappa shape index (κ3) is 2.44. The molecule has 1 aromatic heterocycles. The van der Waals surface area contributed by atoms with Gasteiger partial charge in [-0.1, -0.05) is 32.7 Å². The lowest BCUT2D eigenvalue weighted by Crippen LogP contribution is -1.91. The summed E-state index contributed by atoms with van der Waals surface area (Å²) in [4.78, 5) is 4.41. The molecular formula is C15H12BrN3O. The van der Waals surface area contributed by atoms with Crippen molar-refractivity contribution >= 4 is 21.6 Å². The molecule has 0 spiro atoms. The smallest absolute Gasteiger partial charge is 0.260 e. The summed E-state index contributed by atoms with van der Waals surface area (Å²) in [6.07, 6.45) is 0. The molecule has 0 amide bonds. The van der Waals surface area contributed by atoms with E-state index in [0.717, 1.165) is 21.2 Å². The van der Waals surface area contributed by atoms with Crippen molar-refractivity contribution in [3.8, 4) is 22.8 Å². The Morgan fingerprint density at radius 3 is 2.60 bits per heavy atom. The number of hydrogen-bond acceptors (Lipinski definition) is 4. The maximum absolute atomic E-state index is 5.96. The Kier molecular flexibility index (Phi) is 3.28. The van der Waals surface area contributed by atoms with Crippen LogP contribution >= 0.6 is 15.9 Å². The Labute approximate surface area is 124 Å². The van der Waals surface area contributed by atoms with Gasteiger partial charge in [0.25, 0.3) is 5.89 Å². The average Bonchev–Trinajstić information content (AvgIpc) is 2.92. The monoisotopic (exact) mass is 329 g/mol. The first kappa shape index (κ1) is 12.9. The maximum atomic E-state index is 5.96. The van der Waals surface area contributed by atoms with Crippen LogP contribution < -0.4 is 5.73 Å². The number of anilines is 1. The zero-order valence-corrected chi connectivity index (χ0v) is 12.4. The van der Waals surface area contributed by atoms with Crippen LogP contribution in [-0.4, -0.2) is 10.1 Å². The summed E-state index contributed by atoms with van der Waals surface area (Å²) >= 11 is 3.40. The topological polar surface area (TPSA) is 64.9 Å².